The van der Waals surface area contributed by atoms with Gasteiger partial charge in [-0.25, -0.2) is 0 Å². The third-order valence-corrected chi connectivity index (χ3v) is 19.9. The summed E-state index contributed by atoms with van der Waals surface area (Å²) in [6.45, 7) is 13.2. The minimum absolute atomic E-state index is 0.0584. The van der Waals surface area contributed by atoms with Gasteiger partial charge in [0, 0.05) is 0 Å². The fraction of sp³-hybridized carbons (Fsp3) is 0.875. The van der Waals surface area contributed by atoms with Crippen molar-refractivity contribution < 1.29 is 14.3 Å². The van der Waals surface area contributed by atoms with Crippen LogP contribution in [0.3, 0.4) is 0 Å². The second-order valence-corrected chi connectivity index (χ2v) is 22.8. The van der Waals surface area contributed by atoms with Crippen molar-refractivity contribution in [3.05, 3.63) is 10.2 Å². The Hall–Kier alpha value is -0.231. The second kappa shape index (κ2) is 13.9. The summed E-state index contributed by atoms with van der Waals surface area (Å²) < 4.78 is 18.7. The Labute approximate surface area is 184 Å². The molecule has 1 aliphatic heterocycles. The standard InChI is InChI=1S/C12H20NO3.3C4H9.Sn/c1-5-10-7-6-9(8-15-10)13-11(14)16-12(2,3)4;3*1-3-4-2;/h1,5,9-10H,6-8H2,2-4H3,(H,13,14);3*1,3-4H2,2H3;/t9-,10-;;;;/m1..../s1. The van der Waals surface area contributed by atoms with Crippen LogP contribution in [0.2, 0.25) is 13.3 Å². The molecule has 29 heavy (non-hydrogen) atoms. The average Bonchev–Trinajstić information content (AvgIpc) is 2.66. The molecule has 1 N–H and O–H groups in total. The van der Waals surface area contributed by atoms with Crippen LogP contribution in [0.5, 0.6) is 0 Å². The van der Waals surface area contributed by atoms with Crippen molar-refractivity contribution in [1.82, 2.24) is 5.32 Å². The first-order valence-electron chi connectivity index (χ1n) is 12.0. The Morgan fingerprint density at radius 1 is 1.03 bits per heavy atom. The van der Waals surface area contributed by atoms with E-state index in [4.69, 9.17) is 9.47 Å². The number of rotatable bonds is 12. The summed E-state index contributed by atoms with van der Waals surface area (Å²) in [5, 5.41) is 2.95. The van der Waals surface area contributed by atoms with Crippen LogP contribution >= 0.6 is 0 Å². The quantitative estimate of drug-likeness (QED) is 0.284. The number of hydrogen-bond donors (Lipinski definition) is 1. The number of nitrogens with one attached hydrogen (secondary N) is 1. The molecular weight excluding hydrogens is 469 g/mol. The van der Waals surface area contributed by atoms with Crippen LogP contribution in [0.1, 0.15) is 92.9 Å². The van der Waals surface area contributed by atoms with Crippen LogP contribution in [0.4, 0.5) is 4.79 Å². The molecule has 1 aliphatic rings. The van der Waals surface area contributed by atoms with Gasteiger partial charge < -0.3 is 0 Å². The molecule has 0 bridgehead atoms. The molecule has 0 spiro atoms. The van der Waals surface area contributed by atoms with E-state index < -0.39 is 24.0 Å². The van der Waals surface area contributed by atoms with Gasteiger partial charge in [-0.1, -0.05) is 0 Å². The molecule has 0 unspecified atom stereocenters. The van der Waals surface area contributed by atoms with Crippen molar-refractivity contribution in [3.63, 3.8) is 0 Å². The number of ether oxygens (including phenoxy) is 2. The minimum atomic E-state index is -2.23. The molecule has 0 aliphatic carbocycles. The molecule has 1 fully saturated rings. The van der Waals surface area contributed by atoms with Gasteiger partial charge in [0.1, 0.15) is 0 Å². The van der Waals surface area contributed by atoms with Gasteiger partial charge in [-0.05, 0) is 0 Å². The van der Waals surface area contributed by atoms with E-state index in [2.05, 4.69) is 36.3 Å². The molecule has 0 saturated carbocycles. The van der Waals surface area contributed by atoms with E-state index >= 15 is 0 Å². The molecule has 170 valence electrons. The van der Waals surface area contributed by atoms with E-state index in [1.54, 1.807) is 0 Å². The summed E-state index contributed by atoms with van der Waals surface area (Å²) >= 11 is -2.23. The molecule has 1 heterocycles. The van der Waals surface area contributed by atoms with Crippen molar-refractivity contribution in [3.8, 4) is 0 Å². The van der Waals surface area contributed by atoms with Crippen molar-refractivity contribution >= 4 is 24.5 Å². The Morgan fingerprint density at radius 2 is 1.59 bits per heavy atom. The van der Waals surface area contributed by atoms with Gasteiger partial charge in [0.15, 0.2) is 0 Å². The fourth-order valence-electron chi connectivity index (χ4n) is 4.03. The van der Waals surface area contributed by atoms with Crippen molar-refractivity contribution in [2.75, 3.05) is 6.61 Å². The molecule has 4 nitrogen and oxygen atoms in total. The van der Waals surface area contributed by atoms with E-state index in [1.165, 1.54) is 51.8 Å². The zero-order chi connectivity index (χ0) is 21.8. The predicted molar refractivity (Wildman–Crippen MR) is 126 cm³/mol. The molecule has 1 rings (SSSR count). The summed E-state index contributed by atoms with van der Waals surface area (Å²) in [6, 6.07) is 0.0584. The number of amides is 1. The van der Waals surface area contributed by atoms with Gasteiger partial charge in [-0.15, -0.1) is 0 Å². The summed E-state index contributed by atoms with van der Waals surface area (Å²) in [4.78, 5) is 12.0. The Kier molecular flexibility index (Phi) is 12.9. The van der Waals surface area contributed by atoms with Gasteiger partial charge in [-0.3, -0.25) is 0 Å². The summed E-state index contributed by atoms with van der Waals surface area (Å²) in [5.41, 5.74) is -0.462. The van der Waals surface area contributed by atoms with Crippen molar-refractivity contribution in [1.29, 1.82) is 0 Å². The average molecular weight is 516 g/mol. The third kappa shape index (κ3) is 11.7. The summed E-state index contributed by atoms with van der Waals surface area (Å²) in [5.74, 6) is 0. The molecule has 0 aromatic rings. The maximum atomic E-state index is 12.0. The number of hydrogen-bond acceptors (Lipinski definition) is 3. The molecule has 5 heteroatoms. The Balaban J connectivity index is 2.62. The van der Waals surface area contributed by atoms with E-state index in [1.807, 2.05) is 20.8 Å². The van der Waals surface area contributed by atoms with E-state index in [-0.39, 0.29) is 18.2 Å². The summed E-state index contributed by atoms with van der Waals surface area (Å²) in [7, 11) is 0. The van der Waals surface area contributed by atoms with Gasteiger partial charge in [0.05, 0.1) is 0 Å². The molecule has 0 radical (unpaired) electrons. The molecule has 0 aromatic heterocycles. The van der Waals surface area contributed by atoms with Gasteiger partial charge >= 0.3 is 185 Å². The monoisotopic (exact) mass is 517 g/mol. The maximum absolute atomic E-state index is 12.0. The zero-order valence-corrected chi connectivity index (χ0v) is 22.9. The molecule has 0 aromatic carbocycles. The van der Waals surface area contributed by atoms with Gasteiger partial charge in [0.2, 0.25) is 0 Å². The van der Waals surface area contributed by atoms with Crippen LogP contribution in [0.15, 0.2) is 10.2 Å². The molecule has 1 amide bonds. The van der Waals surface area contributed by atoms with Crippen LogP contribution in [0.25, 0.3) is 0 Å². The Bertz CT molecular complexity index is 457. The van der Waals surface area contributed by atoms with Crippen LogP contribution in [-0.2, 0) is 9.47 Å². The van der Waals surface area contributed by atoms with Crippen molar-refractivity contribution in [2.24, 2.45) is 0 Å². The van der Waals surface area contributed by atoms with Crippen molar-refractivity contribution in [2.45, 2.75) is 124 Å². The number of carbonyl (C=O) groups is 1. The first kappa shape index (κ1) is 26.8. The fourth-order valence-corrected chi connectivity index (χ4v) is 18.4. The third-order valence-electron chi connectivity index (χ3n) is 5.78. The second-order valence-electron chi connectivity index (χ2n) is 9.82. The molecule has 2 atom stereocenters. The number of carbonyl (C=O) groups excluding carboxylic acids is 1. The van der Waals surface area contributed by atoms with Crippen LogP contribution < -0.4 is 5.32 Å². The van der Waals surface area contributed by atoms with E-state index in [9.17, 15) is 4.79 Å². The molecule has 1 saturated heterocycles. The van der Waals surface area contributed by atoms with Gasteiger partial charge in [0.25, 0.3) is 0 Å². The van der Waals surface area contributed by atoms with Gasteiger partial charge in [-0.2, -0.15) is 0 Å². The van der Waals surface area contributed by atoms with Crippen LogP contribution in [-0.4, -0.2) is 48.8 Å². The van der Waals surface area contributed by atoms with E-state index in [0.717, 1.165) is 12.8 Å². The topological polar surface area (TPSA) is 47.6 Å². The first-order valence-corrected chi connectivity index (χ1v) is 19.7. The summed E-state index contributed by atoms with van der Waals surface area (Å²) in [6.07, 6.45) is 12.3. The predicted octanol–water partition coefficient (Wildman–Crippen LogP) is 7.00. The SMILES string of the molecule is CCC[CH2][Sn](/[CH]=C/[C@@H]1CC[C@@H](NC(=O)OC(C)(C)C)CO1)([CH2]CCC)[CH2]CCC. The Morgan fingerprint density at radius 3 is 2.00 bits per heavy atom. The zero-order valence-electron chi connectivity index (χ0n) is 20.0. The molecular formula is C24H47NO3Sn. The normalized spacial score (nSPS) is 20.8. The van der Waals surface area contributed by atoms with Crippen LogP contribution in [0, 0.1) is 0 Å². The van der Waals surface area contributed by atoms with E-state index in [0.29, 0.717) is 6.61 Å². The first-order chi connectivity index (χ1) is 13.7. The number of unbranched alkanes of at least 4 members (excludes halogenated alkanes) is 3. The number of alkyl carbamates (subject to hydrolysis) is 1.